The van der Waals surface area contributed by atoms with Crippen LogP contribution in [0, 0.1) is 17.8 Å². The van der Waals surface area contributed by atoms with Crippen LogP contribution in [0.1, 0.15) is 102 Å². The lowest BCUT2D eigenvalue weighted by atomic mass is 9.96. The van der Waals surface area contributed by atoms with Gasteiger partial charge in [0.2, 0.25) is 27.7 Å². The molecule has 0 radical (unpaired) electrons. The number of amides is 4. The Morgan fingerprint density at radius 2 is 1.75 bits per heavy atom. The van der Waals surface area contributed by atoms with E-state index in [0.717, 1.165) is 88.4 Å². The first-order valence-corrected chi connectivity index (χ1v) is 24.9. The number of sulfonamides is 1. The van der Waals surface area contributed by atoms with Crippen LogP contribution in [-0.4, -0.2) is 115 Å². The number of likely N-dealkylation sites (tertiary alicyclic amines) is 1. The van der Waals surface area contributed by atoms with Gasteiger partial charge >= 0.3 is 6.09 Å². The lowest BCUT2D eigenvalue weighted by Gasteiger charge is -2.32. The van der Waals surface area contributed by atoms with Gasteiger partial charge in [-0.25, -0.2) is 18.2 Å². The molecule has 1 aromatic carbocycles. The zero-order valence-electron chi connectivity index (χ0n) is 36.1. The van der Waals surface area contributed by atoms with E-state index in [4.69, 9.17) is 19.2 Å². The highest BCUT2D eigenvalue weighted by molar-refractivity contribution is 7.91. The van der Waals surface area contributed by atoms with E-state index in [2.05, 4.69) is 39.0 Å². The molecular weight excluding hydrogens is 825 g/mol. The number of nitrogens with zero attached hydrogens (tertiary/aromatic N) is 3. The smallest absolute Gasteiger partial charge is 0.408 e. The maximum atomic E-state index is 15.1. The topological polar surface area (TPSA) is 186 Å². The summed E-state index contributed by atoms with van der Waals surface area (Å²) in [5.74, 6) is -1.32. The lowest BCUT2D eigenvalue weighted by Crippen LogP contribution is -2.59. The Morgan fingerprint density at radius 1 is 0.968 bits per heavy atom. The van der Waals surface area contributed by atoms with Crippen LogP contribution in [0.25, 0.3) is 10.9 Å². The fraction of sp³-hybridized carbons (Fsp3) is 0.638. The molecule has 15 nitrogen and oxygen atoms in total. The van der Waals surface area contributed by atoms with E-state index in [1.807, 2.05) is 24.3 Å². The number of pyridine rings is 1. The minimum absolute atomic E-state index is 0.00333. The summed E-state index contributed by atoms with van der Waals surface area (Å²) < 4.78 is 47.7. The summed E-state index contributed by atoms with van der Waals surface area (Å²) in [6.07, 6.45) is 15.7. The molecule has 9 rings (SSSR count). The number of hydrogen-bond acceptors (Lipinski definition) is 11. The molecule has 2 saturated heterocycles. The number of benzene rings is 1. The molecule has 2 aromatic rings. The number of alkyl carbamates (subject to hydrolysis) is 1. The number of hydrogen-bond donors (Lipinski definition) is 3. The van der Waals surface area contributed by atoms with Crippen molar-refractivity contribution in [3.05, 3.63) is 54.6 Å². The summed E-state index contributed by atoms with van der Waals surface area (Å²) in [6, 6.07) is 5.73. The van der Waals surface area contributed by atoms with E-state index >= 15 is 4.79 Å². The van der Waals surface area contributed by atoms with Crippen molar-refractivity contribution in [2.24, 2.45) is 17.8 Å². The third kappa shape index (κ3) is 9.43. The first-order chi connectivity index (χ1) is 30.5. The number of allylic oxidation sites excluding steroid dienone is 2. The molecule has 1 unspecified atom stereocenters. The summed E-state index contributed by atoms with van der Waals surface area (Å²) in [5, 5.41) is 6.09. The molecule has 6 fully saturated rings. The minimum Gasteiger partial charge on any atom is -0.491 e. The van der Waals surface area contributed by atoms with Crippen LogP contribution in [0.2, 0.25) is 0 Å². The van der Waals surface area contributed by atoms with Crippen LogP contribution in [0.15, 0.2) is 49.1 Å². The van der Waals surface area contributed by atoms with Crippen molar-refractivity contribution in [1.29, 1.82) is 0 Å². The van der Waals surface area contributed by atoms with Crippen molar-refractivity contribution in [3.63, 3.8) is 0 Å². The van der Waals surface area contributed by atoms with E-state index in [-0.39, 0.29) is 37.3 Å². The highest BCUT2D eigenvalue weighted by atomic mass is 32.2. The molecule has 7 atom stereocenters. The predicted molar refractivity (Wildman–Crippen MR) is 235 cm³/mol. The molecule has 0 spiro atoms. The van der Waals surface area contributed by atoms with Gasteiger partial charge in [0.15, 0.2) is 0 Å². The Kier molecular flexibility index (Phi) is 12.7. The second-order valence-corrected chi connectivity index (χ2v) is 20.8. The molecule has 4 heterocycles. The SMILES string of the molecule is C=CC1C[C@]1(NC(=O)[C@@H]1C[C@@H]2CN1C(=O)[C@H](C1CCCC1)NC(=O)O[C@@H]1CCC[C@H]1CC/C=C/Cc1c(nc3ccccc3c1OCCN1CCCC1)O2)C(=O)NS(=O)(=O)C1CC1. The Labute approximate surface area is 370 Å². The maximum Gasteiger partial charge on any atom is 0.408 e. The summed E-state index contributed by atoms with van der Waals surface area (Å²) in [5.41, 5.74) is -0.0873. The number of para-hydroxylation sites is 1. The van der Waals surface area contributed by atoms with Crippen LogP contribution in [-0.2, 0) is 35.6 Å². The van der Waals surface area contributed by atoms with E-state index in [0.29, 0.717) is 43.0 Å². The first-order valence-electron chi connectivity index (χ1n) is 23.4. The quantitative estimate of drug-likeness (QED) is 0.256. The summed E-state index contributed by atoms with van der Waals surface area (Å²) in [4.78, 5) is 66.2. The molecule has 1 aromatic heterocycles. The van der Waals surface area contributed by atoms with Gasteiger partial charge in [0, 0.05) is 24.3 Å². The first kappa shape index (κ1) is 43.5. The minimum atomic E-state index is -3.91. The highest BCUT2D eigenvalue weighted by Crippen LogP contribution is 2.46. The average Bonchev–Trinajstić information content (AvgIpc) is 3.85. The van der Waals surface area contributed by atoms with Gasteiger partial charge in [0.05, 0.1) is 22.9 Å². The van der Waals surface area contributed by atoms with Crippen LogP contribution in [0.4, 0.5) is 4.79 Å². The zero-order chi connectivity index (χ0) is 43.7. The zero-order valence-corrected chi connectivity index (χ0v) is 37.0. The van der Waals surface area contributed by atoms with Crippen LogP contribution in [0.3, 0.4) is 0 Å². The van der Waals surface area contributed by atoms with Gasteiger partial charge in [-0.15, -0.1) is 6.58 Å². The van der Waals surface area contributed by atoms with E-state index in [1.165, 1.54) is 23.8 Å². The molecule has 340 valence electrons. The van der Waals surface area contributed by atoms with Crippen LogP contribution < -0.4 is 24.8 Å². The molecule has 63 heavy (non-hydrogen) atoms. The Balaban J connectivity index is 1.07. The third-order valence-corrected chi connectivity index (χ3v) is 16.4. The molecule has 4 saturated carbocycles. The normalized spacial score (nSPS) is 31.1. The molecule has 16 heteroatoms. The second kappa shape index (κ2) is 18.4. The van der Waals surface area contributed by atoms with Gasteiger partial charge in [0.25, 0.3) is 5.91 Å². The fourth-order valence-electron chi connectivity index (χ4n) is 10.7. The largest absolute Gasteiger partial charge is 0.491 e. The van der Waals surface area contributed by atoms with Crippen LogP contribution in [0.5, 0.6) is 11.6 Å². The second-order valence-electron chi connectivity index (χ2n) is 18.9. The summed E-state index contributed by atoms with van der Waals surface area (Å²) >= 11 is 0. The Hall–Kier alpha value is -4.70. The van der Waals surface area contributed by atoms with Crippen molar-refractivity contribution in [1.82, 2.24) is 30.1 Å². The number of nitrogens with one attached hydrogen (secondary N) is 3. The number of rotatable bonds is 11. The van der Waals surface area contributed by atoms with Crippen LogP contribution >= 0.6 is 0 Å². The van der Waals surface area contributed by atoms with Gasteiger partial charge in [-0.3, -0.25) is 24.0 Å². The van der Waals surface area contributed by atoms with Gasteiger partial charge in [-0.2, -0.15) is 0 Å². The van der Waals surface area contributed by atoms with Crippen molar-refractivity contribution >= 4 is 44.7 Å². The number of fused-ring (bicyclic) bond motifs is 5. The monoisotopic (exact) mass is 886 g/mol. The highest BCUT2D eigenvalue weighted by Gasteiger charge is 2.62. The van der Waals surface area contributed by atoms with Crippen molar-refractivity contribution in [3.8, 4) is 11.6 Å². The molecule has 4 amide bonds. The molecule has 7 aliphatic rings. The lowest BCUT2D eigenvalue weighted by molar-refractivity contribution is -0.142. The van der Waals surface area contributed by atoms with Crippen molar-refractivity contribution < 1.29 is 41.8 Å². The number of ether oxygens (including phenoxy) is 3. The number of aromatic nitrogens is 1. The Morgan fingerprint density at radius 3 is 2.51 bits per heavy atom. The average molecular weight is 887 g/mol. The molecule has 2 bridgehead atoms. The standard InChI is InChI=1S/C47H62N6O9S/c1-2-32-28-47(32,45(56)51-63(58,59)34-21-22-34)50-42(54)38-27-33-29-53(38)44(55)40(31-14-6-7-15-31)49-46(57)62-39-20-12-16-30(39)13-4-3-5-18-36-41(60-26-25-52-23-10-11-24-52)35-17-8-9-19-37(35)48-43(36)61-33/h2-3,5,8-9,17,19,30-34,38-40H,1,4,6-7,10-16,18,20-29H2,(H,49,57)(H,50,54)(H,51,56)/b5-3+/t30-,32?,33-,38+,39-,40+,47-/m1/s1. The maximum absolute atomic E-state index is 15.1. The van der Waals surface area contributed by atoms with Gasteiger partial charge in [-0.1, -0.05) is 43.2 Å². The van der Waals surface area contributed by atoms with Gasteiger partial charge < -0.3 is 29.7 Å². The number of carbonyl (C=O) groups excluding carboxylic acids is 4. The van der Waals surface area contributed by atoms with Gasteiger partial charge in [0.1, 0.15) is 42.2 Å². The molecule has 4 aliphatic carbocycles. The predicted octanol–water partition coefficient (Wildman–Crippen LogP) is 5.07. The fourth-order valence-corrected chi connectivity index (χ4v) is 12.1. The van der Waals surface area contributed by atoms with Gasteiger partial charge in [-0.05, 0) is 121 Å². The van der Waals surface area contributed by atoms with E-state index in [9.17, 15) is 22.8 Å². The molecule has 3 N–H and O–H groups in total. The van der Waals surface area contributed by atoms with E-state index < -0.39 is 68.7 Å². The summed E-state index contributed by atoms with van der Waals surface area (Å²) in [6.45, 7) is 7.22. The van der Waals surface area contributed by atoms with Crippen molar-refractivity contribution in [2.45, 2.75) is 138 Å². The summed E-state index contributed by atoms with van der Waals surface area (Å²) in [7, 11) is -3.91. The van der Waals surface area contributed by atoms with Crippen molar-refractivity contribution in [2.75, 3.05) is 32.8 Å². The molecule has 3 aliphatic heterocycles. The molecular formula is C47H62N6O9S. The van der Waals surface area contributed by atoms with E-state index in [1.54, 1.807) is 0 Å². The third-order valence-electron chi connectivity index (χ3n) is 14.6. The number of carbonyl (C=O) groups is 4. The Bertz CT molecular complexity index is 2220.